The molecule has 3 N–H and O–H groups in total. The first-order chi connectivity index (χ1) is 27.9. The van der Waals surface area contributed by atoms with Crippen molar-refractivity contribution in [3.63, 3.8) is 0 Å². The number of amides is 2. The van der Waals surface area contributed by atoms with Gasteiger partial charge in [0.05, 0.1) is 23.4 Å². The predicted molar refractivity (Wildman–Crippen MR) is 220 cm³/mol. The van der Waals surface area contributed by atoms with E-state index in [0.29, 0.717) is 50.9 Å². The van der Waals surface area contributed by atoms with Gasteiger partial charge in [0.25, 0.3) is 0 Å². The molecule has 2 aliphatic carbocycles. The van der Waals surface area contributed by atoms with E-state index in [1.54, 1.807) is 24.3 Å². The van der Waals surface area contributed by atoms with Crippen molar-refractivity contribution in [3.8, 4) is 29.4 Å². The number of para-hydroxylation sites is 1. The van der Waals surface area contributed by atoms with Gasteiger partial charge in [-0.05, 0) is 86.9 Å². The van der Waals surface area contributed by atoms with E-state index >= 15 is 0 Å². The molecule has 2 saturated carbocycles. The zero-order valence-corrected chi connectivity index (χ0v) is 33.7. The molecule has 300 valence electrons. The van der Waals surface area contributed by atoms with Crippen LogP contribution in [0.1, 0.15) is 106 Å². The molecule has 2 saturated heterocycles. The van der Waals surface area contributed by atoms with Crippen molar-refractivity contribution < 1.29 is 24.3 Å². The number of aromatic nitrogens is 4. The Hall–Kier alpha value is -5.38. The van der Waals surface area contributed by atoms with Gasteiger partial charge < -0.3 is 34.4 Å². The van der Waals surface area contributed by atoms with E-state index in [1.165, 1.54) is 17.0 Å². The van der Waals surface area contributed by atoms with Crippen LogP contribution < -0.4 is 10.2 Å². The zero-order chi connectivity index (χ0) is 40.5. The summed E-state index contributed by atoms with van der Waals surface area (Å²) in [7, 11) is 0. The van der Waals surface area contributed by atoms with E-state index in [1.807, 2.05) is 45.0 Å². The summed E-state index contributed by atoms with van der Waals surface area (Å²) in [6.07, 6.45) is 10.4. The summed E-state index contributed by atoms with van der Waals surface area (Å²) in [6.45, 7) is 7.47. The summed E-state index contributed by atoms with van der Waals surface area (Å²) < 4.78 is 8.39. The average Bonchev–Trinajstić information content (AvgIpc) is 3.87. The number of hydrogen-bond donors (Lipinski definition) is 3. The molecule has 1 spiro atoms. The van der Waals surface area contributed by atoms with Crippen molar-refractivity contribution >= 4 is 40.3 Å². The van der Waals surface area contributed by atoms with E-state index in [-0.39, 0.29) is 41.9 Å². The summed E-state index contributed by atoms with van der Waals surface area (Å²) in [5.41, 5.74) is 6.18. The molecule has 4 aliphatic rings. The number of aliphatic hydroxyl groups is 1. The molecule has 3 aromatic heterocycles. The number of carbonyl (C=O) groups is 2. The molecule has 12 nitrogen and oxygen atoms in total. The Bertz CT molecular complexity index is 2430. The molecule has 0 radical (unpaired) electrons. The van der Waals surface area contributed by atoms with Crippen LogP contribution in [-0.4, -0.2) is 78.6 Å². The van der Waals surface area contributed by atoms with Crippen molar-refractivity contribution in [2.45, 2.75) is 95.4 Å². The van der Waals surface area contributed by atoms with Gasteiger partial charge >= 0.3 is 0 Å². The average molecular weight is 802 g/mol. The van der Waals surface area contributed by atoms with Crippen molar-refractivity contribution in [3.05, 3.63) is 88.3 Å². The third-order valence-corrected chi connectivity index (χ3v) is 13.3. The van der Waals surface area contributed by atoms with E-state index in [0.717, 1.165) is 49.8 Å². The zero-order valence-electron chi connectivity index (χ0n) is 32.9. The molecule has 4 fully saturated rings. The SMILES string of the molecule is C#Cc1ccc([C@H](C)NC(=O)[C@@H]2C[C@@H](O)CN2C(=O)C(c2cc(N3CC4(CC(c5cc6nnc(-c7ccccc7O)cc6n5C5CCC5)C4)C3)no2)C(C)C)c(Cl)c1. The van der Waals surface area contributed by atoms with E-state index in [4.69, 9.17) is 22.5 Å². The second-order valence-electron chi connectivity index (χ2n) is 17.3. The summed E-state index contributed by atoms with van der Waals surface area (Å²) in [5, 5.41) is 38.2. The van der Waals surface area contributed by atoms with Gasteiger partial charge in [0, 0.05) is 71.3 Å². The summed E-state index contributed by atoms with van der Waals surface area (Å²) >= 11 is 6.47. The van der Waals surface area contributed by atoms with Crippen LogP contribution in [0.25, 0.3) is 22.3 Å². The fraction of sp³-hybridized carbons (Fsp3) is 0.444. The van der Waals surface area contributed by atoms with Crippen LogP contribution in [0.15, 0.2) is 65.2 Å². The third-order valence-electron chi connectivity index (χ3n) is 13.0. The number of aliphatic hydroxyl groups excluding tert-OH is 1. The molecule has 5 aromatic rings. The molecular weight excluding hydrogens is 754 g/mol. The normalized spacial score (nSPS) is 21.4. The van der Waals surface area contributed by atoms with Gasteiger partial charge in [0.15, 0.2) is 11.6 Å². The lowest BCUT2D eigenvalue weighted by molar-refractivity contribution is -0.141. The fourth-order valence-electron chi connectivity index (χ4n) is 9.75. The highest BCUT2D eigenvalue weighted by molar-refractivity contribution is 6.31. The monoisotopic (exact) mass is 801 g/mol. The van der Waals surface area contributed by atoms with Gasteiger partial charge in [-0.25, -0.2) is 0 Å². The van der Waals surface area contributed by atoms with Gasteiger partial charge in [-0.2, -0.15) is 0 Å². The molecule has 1 unspecified atom stereocenters. The van der Waals surface area contributed by atoms with E-state index in [9.17, 15) is 19.8 Å². The number of phenols is 1. The number of nitrogens with zero attached hydrogens (tertiary/aromatic N) is 6. The number of carbonyl (C=O) groups excluding carboxylic acids is 2. The largest absolute Gasteiger partial charge is 0.507 e. The first-order valence-corrected chi connectivity index (χ1v) is 20.7. The molecule has 4 atom stereocenters. The number of phenolic OH excluding ortho intramolecular Hbond substituents is 1. The Kier molecular flexibility index (Phi) is 9.72. The minimum Gasteiger partial charge on any atom is -0.507 e. The Labute approximate surface area is 342 Å². The minimum atomic E-state index is -0.853. The van der Waals surface area contributed by atoms with Crippen LogP contribution in [0.3, 0.4) is 0 Å². The number of terminal acetylenes is 1. The first-order valence-electron chi connectivity index (χ1n) is 20.4. The Morgan fingerprint density at radius 1 is 1.05 bits per heavy atom. The molecular formula is C45H48ClN7O5. The number of benzene rings is 2. The standard InChI is InChI=1S/C45H48ClN7O5/c1-5-27-13-14-31(33(46)15-27)26(4)47-43(56)38-16-30(54)22-52(38)44(57)42(25(2)3)40-19-41(50-58-40)51-23-45(24-51)20-28(21-45)36-18-35-37(53(36)29-9-8-10-29)17-34(48-49-35)32-11-6-7-12-39(32)55/h1,6-7,11-15,17-19,25-26,28-30,38,42,54-55H,8-10,16,20-24H2,2-4H3,(H,47,56)/t26-,30+,38-,42?/m0/s1. The van der Waals surface area contributed by atoms with Crippen LogP contribution in [-0.2, 0) is 9.59 Å². The van der Waals surface area contributed by atoms with E-state index < -0.39 is 24.1 Å². The summed E-state index contributed by atoms with van der Waals surface area (Å²) in [5.74, 6) is 2.84. The maximum atomic E-state index is 14.3. The number of fused-ring (bicyclic) bond motifs is 1. The Morgan fingerprint density at radius 2 is 1.83 bits per heavy atom. The second kappa shape index (κ2) is 14.8. The van der Waals surface area contributed by atoms with Gasteiger partial charge in [-0.15, -0.1) is 16.6 Å². The van der Waals surface area contributed by atoms with Crippen LogP contribution in [0.2, 0.25) is 5.02 Å². The second-order valence-corrected chi connectivity index (χ2v) is 17.7. The highest BCUT2D eigenvalue weighted by atomic mass is 35.5. The van der Waals surface area contributed by atoms with Crippen LogP contribution in [0.5, 0.6) is 5.75 Å². The number of halogens is 1. The van der Waals surface area contributed by atoms with Gasteiger partial charge in [-0.3, -0.25) is 9.59 Å². The molecule has 2 amide bonds. The van der Waals surface area contributed by atoms with Gasteiger partial charge in [0.2, 0.25) is 11.8 Å². The lowest BCUT2D eigenvalue weighted by Crippen LogP contribution is -2.62. The van der Waals surface area contributed by atoms with Crippen LogP contribution in [0, 0.1) is 23.7 Å². The number of anilines is 1. The first kappa shape index (κ1) is 38.2. The lowest BCUT2D eigenvalue weighted by atomic mass is 9.57. The minimum absolute atomic E-state index is 0.0486. The summed E-state index contributed by atoms with van der Waals surface area (Å²) in [6, 6.07) is 17.8. The lowest BCUT2D eigenvalue weighted by Gasteiger charge is -2.59. The van der Waals surface area contributed by atoms with Crippen molar-refractivity contribution in [2.75, 3.05) is 24.5 Å². The number of aromatic hydroxyl groups is 1. The number of hydrogen-bond acceptors (Lipinski definition) is 9. The topological polar surface area (TPSA) is 150 Å². The maximum absolute atomic E-state index is 14.3. The smallest absolute Gasteiger partial charge is 0.243 e. The maximum Gasteiger partial charge on any atom is 0.243 e. The Balaban J connectivity index is 0.863. The molecule has 0 bridgehead atoms. The van der Waals surface area contributed by atoms with Gasteiger partial charge in [0.1, 0.15) is 23.2 Å². The van der Waals surface area contributed by atoms with Crippen molar-refractivity contribution in [1.82, 2.24) is 30.1 Å². The van der Waals surface area contributed by atoms with Gasteiger partial charge in [-0.1, -0.05) is 54.7 Å². The number of β-amino-alcohol motifs (C(OH)–C–C–N with tert-alkyl or cyclic N) is 1. The Morgan fingerprint density at radius 3 is 2.52 bits per heavy atom. The highest BCUT2D eigenvalue weighted by Gasteiger charge is 2.54. The highest BCUT2D eigenvalue weighted by Crippen LogP contribution is 2.58. The molecule has 13 heteroatoms. The fourth-order valence-corrected chi connectivity index (χ4v) is 10.1. The van der Waals surface area contributed by atoms with Crippen LogP contribution in [0.4, 0.5) is 5.82 Å². The molecule has 58 heavy (non-hydrogen) atoms. The summed E-state index contributed by atoms with van der Waals surface area (Å²) in [4.78, 5) is 31.6. The number of rotatable bonds is 10. The molecule has 2 aromatic carbocycles. The third kappa shape index (κ3) is 6.68. The predicted octanol–water partition coefficient (Wildman–Crippen LogP) is 7.11. The van der Waals surface area contributed by atoms with Crippen molar-refractivity contribution in [2.24, 2.45) is 11.3 Å². The molecule has 5 heterocycles. The number of nitrogens with one attached hydrogen (secondary N) is 1. The molecule has 9 rings (SSSR count). The molecule has 2 aliphatic heterocycles. The quantitative estimate of drug-likeness (QED) is 0.126. The van der Waals surface area contributed by atoms with E-state index in [2.05, 4.69) is 48.2 Å². The van der Waals surface area contributed by atoms with Crippen LogP contribution >= 0.6 is 11.6 Å². The van der Waals surface area contributed by atoms with Crippen molar-refractivity contribution in [1.29, 1.82) is 0 Å². The number of likely N-dealkylation sites (tertiary alicyclic amines) is 1.